The second kappa shape index (κ2) is 5.02. The maximum absolute atomic E-state index is 12.6. The molecule has 6 heteroatoms. The van der Waals surface area contributed by atoms with Crippen molar-refractivity contribution < 1.29 is 9.59 Å². The van der Waals surface area contributed by atoms with Crippen molar-refractivity contribution >= 4 is 11.8 Å². The first kappa shape index (κ1) is 13.9. The van der Waals surface area contributed by atoms with Gasteiger partial charge in [0, 0.05) is 39.8 Å². The SMILES string of the molecule is CN1CCc2c(cc(=O)n3c2C(=O)N(C)CCCC3)C1=O. The van der Waals surface area contributed by atoms with Crippen LogP contribution in [0.25, 0.3) is 0 Å². The van der Waals surface area contributed by atoms with E-state index in [-0.39, 0.29) is 17.4 Å². The summed E-state index contributed by atoms with van der Waals surface area (Å²) in [4.78, 5) is 40.5. The molecule has 0 saturated carbocycles. The van der Waals surface area contributed by atoms with Gasteiger partial charge in [-0.05, 0) is 24.8 Å². The number of nitrogens with zero attached hydrogens (tertiary/aromatic N) is 3. The van der Waals surface area contributed by atoms with Gasteiger partial charge in [0.15, 0.2) is 0 Å². The number of amides is 2. The summed E-state index contributed by atoms with van der Waals surface area (Å²) in [5.74, 6) is -0.324. The molecule has 3 rings (SSSR count). The average molecular weight is 289 g/mol. The van der Waals surface area contributed by atoms with Gasteiger partial charge in [-0.1, -0.05) is 0 Å². The lowest BCUT2D eigenvalue weighted by Crippen LogP contribution is -2.42. The number of hydrogen-bond acceptors (Lipinski definition) is 3. The standard InChI is InChI=1S/C15H19N3O3/c1-16-6-3-4-7-18-12(19)9-11-10(13(18)15(16)21)5-8-17(2)14(11)20/h9H,3-8H2,1-2H3. The van der Waals surface area contributed by atoms with Crippen molar-refractivity contribution in [1.82, 2.24) is 14.4 Å². The molecule has 0 fully saturated rings. The van der Waals surface area contributed by atoms with Crippen molar-refractivity contribution in [2.45, 2.75) is 25.8 Å². The predicted octanol–water partition coefficient (Wildman–Crippen LogP) is 0.342. The number of pyridine rings is 1. The molecule has 0 spiro atoms. The molecular formula is C15H19N3O3. The van der Waals surface area contributed by atoms with Crippen molar-refractivity contribution in [1.29, 1.82) is 0 Å². The van der Waals surface area contributed by atoms with Crippen LogP contribution in [0.5, 0.6) is 0 Å². The van der Waals surface area contributed by atoms with Gasteiger partial charge in [0.05, 0.1) is 5.56 Å². The smallest absolute Gasteiger partial charge is 0.270 e. The molecule has 2 amide bonds. The fraction of sp³-hybridized carbons (Fsp3) is 0.533. The van der Waals surface area contributed by atoms with Crippen LogP contribution in [0.2, 0.25) is 0 Å². The van der Waals surface area contributed by atoms with Crippen molar-refractivity contribution in [3.63, 3.8) is 0 Å². The van der Waals surface area contributed by atoms with Crippen LogP contribution in [0, 0.1) is 0 Å². The number of fused-ring (bicyclic) bond motifs is 3. The third-order valence-corrected chi connectivity index (χ3v) is 4.36. The van der Waals surface area contributed by atoms with E-state index >= 15 is 0 Å². The normalized spacial score (nSPS) is 19.0. The minimum Gasteiger partial charge on any atom is -0.341 e. The molecule has 0 radical (unpaired) electrons. The predicted molar refractivity (Wildman–Crippen MR) is 77.6 cm³/mol. The fourth-order valence-corrected chi connectivity index (χ4v) is 3.09. The van der Waals surface area contributed by atoms with Gasteiger partial charge in [-0.2, -0.15) is 0 Å². The van der Waals surface area contributed by atoms with Gasteiger partial charge in [0.2, 0.25) is 0 Å². The summed E-state index contributed by atoms with van der Waals surface area (Å²) in [6.45, 7) is 1.81. The Hall–Kier alpha value is -2.11. The molecule has 0 saturated heterocycles. The molecule has 0 aromatic carbocycles. The first-order valence-corrected chi connectivity index (χ1v) is 7.28. The van der Waals surface area contributed by atoms with E-state index < -0.39 is 0 Å². The zero-order valence-corrected chi connectivity index (χ0v) is 12.4. The van der Waals surface area contributed by atoms with Crippen molar-refractivity contribution in [2.75, 3.05) is 27.2 Å². The molecule has 0 N–H and O–H groups in total. The average Bonchev–Trinajstić information content (AvgIpc) is 2.46. The highest BCUT2D eigenvalue weighted by Gasteiger charge is 2.31. The zero-order valence-electron chi connectivity index (χ0n) is 12.4. The van der Waals surface area contributed by atoms with E-state index in [4.69, 9.17) is 0 Å². The highest BCUT2D eigenvalue weighted by Crippen LogP contribution is 2.23. The van der Waals surface area contributed by atoms with Crippen molar-refractivity contribution in [3.8, 4) is 0 Å². The summed E-state index contributed by atoms with van der Waals surface area (Å²) < 4.78 is 1.55. The second-order valence-electron chi connectivity index (χ2n) is 5.79. The van der Waals surface area contributed by atoms with E-state index in [2.05, 4.69) is 0 Å². The molecule has 2 aliphatic rings. The maximum atomic E-state index is 12.6. The molecule has 0 bridgehead atoms. The van der Waals surface area contributed by atoms with Crippen LogP contribution in [0.3, 0.4) is 0 Å². The van der Waals surface area contributed by atoms with Crippen molar-refractivity contribution in [2.24, 2.45) is 0 Å². The Bertz CT molecular complexity index is 677. The Morgan fingerprint density at radius 2 is 1.57 bits per heavy atom. The third kappa shape index (κ3) is 2.14. The van der Waals surface area contributed by atoms with E-state index in [0.29, 0.717) is 37.3 Å². The quantitative estimate of drug-likeness (QED) is 0.692. The topological polar surface area (TPSA) is 62.6 Å². The molecular weight excluding hydrogens is 270 g/mol. The van der Waals surface area contributed by atoms with Gasteiger partial charge in [-0.15, -0.1) is 0 Å². The highest BCUT2D eigenvalue weighted by atomic mass is 16.2. The number of aromatic nitrogens is 1. The highest BCUT2D eigenvalue weighted by molar-refractivity contribution is 6.01. The monoisotopic (exact) mass is 289 g/mol. The van der Waals surface area contributed by atoms with Gasteiger partial charge < -0.3 is 14.4 Å². The molecule has 0 unspecified atom stereocenters. The van der Waals surface area contributed by atoms with Crippen LogP contribution >= 0.6 is 0 Å². The lowest BCUT2D eigenvalue weighted by molar-refractivity contribution is 0.0759. The van der Waals surface area contributed by atoms with E-state index in [0.717, 1.165) is 18.4 Å². The molecule has 0 aliphatic carbocycles. The number of hydrogen-bond donors (Lipinski definition) is 0. The Labute approximate surface area is 123 Å². The van der Waals surface area contributed by atoms with E-state index in [1.807, 2.05) is 0 Å². The zero-order chi connectivity index (χ0) is 15.1. The lowest BCUT2D eigenvalue weighted by Gasteiger charge is -2.30. The number of carbonyl (C=O) groups excluding carboxylic acids is 2. The van der Waals surface area contributed by atoms with Crippen LogP contribution in [0.1, 0.15) is 39.3 Å². The molecule has 6 nitrogen and oxygen atoms in total. The van der Waals surface area contributed by atoms with Crippen LogP contribution in [0.4, 0.5) is 0 Å². The molecule has 2 aliphatic heterocycles. The second-order valence-corrected chi connectivity index (χ2v) is 5.79. The van der Waals surface area contributed by atoms with Crippen LogP contribution in [-0.4, -0.2) is 53.4 Å². The van der Waals surface area contributed by atoms with E-state index in [1.165, 1.54) is 6.07 Å². The number of likely N-dealkylation sites (N-methyl/N-ethyl adjacent to an activating group) is 1. The summed E-state index contributed by atoms with van der Waals surface area (Å²) in [5, 5.41) is 0. The van der Waals surface area contributed by atoms with Gasteiger partial charge >= 0.3 is 0 Å². The van der Waals surface area contributed by atoms with Gasteiger partial charge in [0.1, 0.15) is 5.69 Å². The molecule has 1 aromatic heterocycles. The summed E-state index contributed by atoms with van der Waals surface area (Å²) in [6.07, 6.45) is 2.36. The molecule has 112 valence electrons. The molecule has 0 atom stereocenters. The Morgan fingerprint density at radius 3 is 2.33 bits per heavy atom. The Kier molecular flexibility index (Phi) is 3.31. The lowest BCUT2D eigenvalue weighted by atomic mass is 9.96. The Morgan fingerprint density at radius 1 is 0.905 bits per heavy atom. The number of rotatable bonds is 0. The minimum absolute atomic E-state index is 0.152. The summed E-state index contributed by atoms with van der Waals surface area (Å²) >= 11 is 0. The third-order valence-electron chi connectivity index (χ3n) is 4.36. The molecule has 21 heavy (non-hydrogen) atoms. The summed E-state index contributed by atoms with van der Waals surface area (Å²) in [6, 6.07) is 1.39. The van der Waals surface area contributed by atoms with Gasteiger partial charge in [-0.3, -0.25) is 14.4 Å². The van der Waals surface area contributed by atoms with Crippen LogP contribution in [0.15, 0.2) is 10.9 Å². The Balaban J connectivity index is 2.26. The van der Waals surface area contributed by atoms with Gasteiger partial charge in [0.25, 0.3) is 17.4 Å². The first-order chi connectivity index (χ1) is 10.0. The molecule has 1 aromatic rings. The molecule has 3 heterocycles. The largest absolute Gasteiger partial charge is 0.341 e. The summed E-state index contributed by atoms with van der Waals surface area (Å²) in [7, 11) is 3.46. The first-order valence-electron chi connectivity index (χ1n) is 7.28. The van der Waals surface area contributed by atoms with Crippen molar-refractivity contribution in [3.05, 3.63) is 33.2 Å². The van der Waals surface area contributed by atoms with Crippen LogP contribution in [-0.2, 0) is 13.0 Å². The fourth-order valence-electron chi connectivity index (χ4n) is 3.09. The van der Waals surface area contributed by atoms with Crippen LogP contribution < -0.4 is 5.56 Å². The number of carbonyl (C=O) groups is 2. The minimum atomic E-state index is -0.254. The van der Waals surface area contributed by atoms with E-state index in [9.17, 15) is 14.4 Å². The maximum Gasteiger partial charge on any atom is 0.270 e. The van der Waals surface area contributed by atoms with E-state index in [1.54, 1.807) is 28.5 Å². The van der Waals surface area contributed by atoms with Gasteiger partial charge in [-0.25, -0.2) is 0 Å². The summed E-state index contributed by atoms with van der Waals surface area (Å²) in [5.41, 5.74) is 1.29.